The molecule has 102 valence electrons. The summed E-state index contributed by atoms with van der Waals surface area (Å²) >= 11 is 0.812. The van der Waals surface area contributed by atoms with Gasteiger partial charge in [-0.25, -0.2) is 0 Å². The van der Waals surface area contributed by atoms with Crippen LogP contribution >= 0.6 is 22.6 Å². The topological polar surface area (TPSA) is 78.5 Å². The first-order valence-corrected chi connectivity index (χ1v) is 8.40. The summed E-state index contributed by atoms with van der Waals surface area (Å²) in [6, 6.07) is 0. The van der Waals surface area contributed by atoms with Gasteiger partial charge >= 0.3 is 0 Å². The van der Waals surface area contributed by atoms with Crippen molar-refractivity contribution < 1.29 is 14.4 Å². The highest BCUT2D eigenvalue weighted by Crippen LogP contribution is 2.37. The van der Waals surface area contributed by atoms with E-state index >= 15 is 0 Å². The molecule has 1 aliphatic rings. The van der Waals surface area contributed by atoms with Gasteiger partial charge in [-0.05, 0) is 33.1 Å². The van der Waals surface area contributed by atoms with Crippen LogP contribution in [0.1, 0.15) is 40.0 Å². The van der Waals surface area contributed by atoms with Crippen molar-refractivity contribution >= 4 is 34.0 Å². The minimum absolute atomic E-state index is 0.0523. The highest BCUT2D eigenvalue weighted by molar-refractivity contribution is 14.1. The molecule has 5 atom stereocenters. The first-order chi connectivity index (χ1) is 7.80. The highest BCUT2D eigenvalue weighted by atomic mass is 127. The van der Waals surface area contributed by atoms with Crippen LogP contribution in [0.2, 0.25) is 0 Å². The van der Waals surface area contributed by atoms with Gasteiger partial charge in [0.15, 0.2) is 6.29 Å². The van der Waals surface area contributed by atoms with Crippen molar-refractivity contribution in [2.45, 2.75) is 61.1 Å². The van der Waals surface area contributed by atoms with Gasteiger partial charge in [-0.3, -0.25) is 0 Å². The van der Waals surface area contributed by atoms with Gasteiger partial charge < -0.3 is 14.4 Å². The summed E-state index contributed by atoms with van der Waals surface area (Å²) in [4.78, 5) is 0. The largest absolute Gasteiger partial charge is 0.598 e. The van der Waals surface area contributed by atoms with Crippen molar-refractivity contribution in [2.75, 3.05) is 0 Å². The van der Waals surface area contributed by atoms with E-state index in [0.717, 1.165) is 19.3 Å². The average Bonchev–Trinajstić information content (AvgIpc) is 2.23. The third-order valence-corrected chi connectivity index (χ3v) is 6.23. The molecule has 1 heterocycles. The standard InChI is InChI=1S/C11H22INO3S/c1-4-7(11(2,3)17(13)15)9-6-5-8(12)10(14)16-9/h7-10,14H,4-6,13H2,1-3H3/t7?,8?,9-,10?,17?/m0/s1. The van der Waals surface area contributed by atoms with Crippen LogP contribution in [-0.4, -0.2) is 30.7 Å². The second kappa shape index (κ2) is 6.38. The summed E-state index contributed by atoms with van der Waals surface area (Å²) in [5.41, 5.74) is 0. The lowest BCUT2D eigenvalue weighted by Gasteiger charge is -2.41. The minimum Gasteiger partial charge on any atom is -0.598 e. The Hall–Kier alpha value is 0.920. The fourth-order valence-electron chi connectivity index (χ4n) is 2.45. The van der Waals surface area contributed by atoms with Crippen LogP contribution in [0.25, 0.3) is 0 Å². The Morgan fingerprint density at radius 3 is 2.59 bits per heavy atom. The van der Waals surface area contributed by atoms with E-state index in [1.54, 1.807) is 0 Å². The monoisotopic (exact) mass is 375 g/mol. The number of ether oxygens (including phenoxy) is 1. The van der Waals surface area contributed by atoms with Crippen molar-refractivity contribution in [3.63, 3.8) is 0 Å². The van der Waals surface area contributed by atoms with Crippen LogP contribution in [-0.2, 0) is 16.1 Å². The zero-order chi connectivity index (χ0) is 13.2. The molecule has 0 saturated carbocycles. The zero-order valence-corrected chi connectivity index (χ0v) is 13.5. The maximum absolute atomic E-state index is 11.6. The summed E-state index contributed by atoms with van der Waals surface area (Å²) in [5, 5.41) is 15.3. The van der Waals surface area contributed by atoms with E-state index in [1.807, 2.05) is 20.8 Å². The van der Waals surface area contributed by atoms with E-state index in [0.29, 0.717) is 0 Å². The molecule has 4 unspecified atom stereocenters. The number of hydrogen-bond donors (Lipinski definition) is 2. The van der Waals surface area contributed by atoms with Crippen molar-refractivity contribution in [1.82, 2.24) is 0 Å². The van der Waals surface area contributed by atoms with Gasteiger partial charge in [0.2, 0.25) is 0 Å². The molecule has 1 rings (SSSR count). The molecule has 0 spiro atoms. The van der Waals surface area contributed by atoms with Gasteiger partial charge in [-0.1, -0.05) is 29.5 Å². The average molecular weight is 375 g/mol. The Labute approximate surface area is 120 Å². The lowest BCUT2D eigenvalue weighted by molar-refractivity contribution is -0.173. The number of aliphatic hydroxyl groups is 1. The number of rotatable bonds is 4. The Kier molecular flexibility index (Phi) is 6.00. The van der Waals surface area contributed by atoms with Gasteiger partial charge in [0.05, 0.1) is 10.0 Å². The summed E-state index contributed by atoms with van der Waals surface area (Å²) in [5.74, 6) is 0.104. The fraction of sp³-hybridized carbons (Fsp3) is 1.00. The van der Waals surface area contributed by atoms with Gasteiger partial charge in [0.1, 0.15) is 4.75 Å². The zero-order valence-electron chi connectivity index (χ0n) is 10.6. The summed E-state index contributed by atoms with van der Waals surface area (Å²) in [7, 11) is 0. The van der Waals surface area contributed by atoms with E-state index in [4.69, 9.17) is 9.88 Å². The minimum atomic E-state index is -1.39. The second-order valence-electron chi connectivity index (χ2n) is 5.07. The van der Waals surface area contributed by atoms with Gasteiger partial charge in [-0.2, -0.15) is 5.14 Å². The highest BCUT2D eigenvalue weighted by Gasteiger charge is 2.45. The molecule has 6 heteroatoms. The molecule has 3 N–H and O–H groups in total. The number of alkyl halides is 1. The van der Waals surface area contributed by atoms with E-state index in [-0.39, 0.29) is 15.9 Å². The van der Waals surface area contributed by atoms with Crippen molar-refractivity contribution in [2.24, 2.45) is 11.1 Å². The Bertz CT molecular complexity index is 253. The number of hydrogen-bond acceptors (Lipinski definition) is 4. The van der Waals surface area contributed by atoms with Crippen LogP contribution in [0.3, 0.4) is 0 Å². The van der Waals surface area contributed by atoms with Crippen molar-refractivity contribution in [3.8, 4) is 0 Å². The lowest BCUT2D eigenvalue weighted by atomic mass is 9.84. The lowest BCUT2D eigenvalue weighted by Crippen LogP contribution is -2.51. The Morgan fingerprint density at radius 1 is 1.59 bits per heavy atom. The van der Waals surface area contributed by atoms with E-state index in [9.17, 15) is 9.66 Å². The maximum Gasteiger partial charge on any atom is 0.166 e. The molecule has 0 aromatic heterocycles. The van der Waals surface area contributed by atoms with Crippen molar-refractivity contribution in [1.29, 1.82) is 0 Å². The molecule has 1 fully saturated rings. The van der Waals surface area contributed by atoms with Gasteiger partial charge in [0.25, 0.3) is 0 Å². The summed E-state index contributed by atoms with van der Waals surface area (Å²) < 4.78 is 16.9. The normalized spacial score (nSPS) is 34.4. The van der Waals surface area contributed by atoms with Crippen LogP contribution in [0.15, 0.2) is 0 Å². The van der Waals surface area contributed by atoms with Gasteiger partial charge in [-0.15, -0.1) is 0 Å². The molecule has 0 aromatic rings. The number of aliphatic hydroxyl groups excluding tert-OH is 1. The van der Waals surface area contributed by atoms with Crippen LogP contribution < -0.4 is 5.14 Å². The summed E-state index contributed by atoms with van der Waals surface area (Å²) in [6.07, 6.45) is 1.90. The summed E-state index contributed by atoms with van der Waals surface area (Å²) in [6.45, 7) is 5.86. The predicted molar refractivity (Wildman–Crippen MR) is 78.1 cm³/mol. The van der Waals surface area contributed by atoms with Crippen LogP contribution in [0, 0.1) is 5.92 Å². The molecule has 0 radical (unpaired) electrons. The smallest absolute Gasteiger partial charge is 0.166 e. The van der Waals surface area contributed by atoms with Crippen LogP contribution in [0.4, 0.5) is 0 Å². The Balaban J connectivity index is 2.75. The molecule has 0 aromatic carbocycles. The van der Waals surface area contributed by atoms with E-state index < -0.39 is 22.4 Å². The Morgan fingerprint density at radius 2 is 2.18 bits per heavy atom. The SMILES string of the molecule is CCC([C@@H]1CCC(I)C(O)O1)C(C)(C)[S+](N)[O-]. The molecular weight excluding hydrogens is 353 g/mol. The van der Waals surface area contributed by atoms with E-state index in [2.05, 4.69) is 22.6 Å². The first-order valence-electron chi connectivity index (χ1n) is 5.94. The third-order valence-electron chi connectivity index (χ3n) is 3.65. The van der Waals surface area contributed by atoms with E-state index in [1.165, 1.54) is 0 Å². The molecule has 4 nitrogen and oxygen atoms in total. The molecular formula is C11H22INO3S. The number of halogens is 1. The quantitative estimate of drug-likeness (QED) is 0.446. The number of nitrogens with two attached hydrogens (primary N) is 1. The molecule has 1 aliphatic heterocycles. The maximum atomic E-state index is 11.6. The fourth-order valence-corrected chi connectivity index (χ4v) is 3.59. The second-order valence-corrected chi connectivity index (χ2v) is 8.32. The molecule has 1 saturated heterocycles. The molecule has 0 amide bonds. The third kappa shape index (κ3) is 3.70. The molecule has 0 bridgehead atoms. The first kappa shape index (κ1) is 16.0. The van der Waals surface area contributed by atoms with Crippen LogP contribution in [0.5, 0.6) is 0 Å². The van der Waals surface area contributed by atoms with Gasteiger partial charge in [0, 0.05) is 17.3 Å². The van der Waals surface area contributed by atoms with Crippen molar-refractivity contribution in [3.05, 3.63) is 0 Å². The molecule has 17 heavy (non-hydrogen) atoms. The molecule has 0 aliphatic carbocycles. The predicted octanol–water partition coefficient (Wildman–Crippen LogP) is 1.71.